The molecule has 3 aliphatic heterocycles. The molecule has 1 aromatic rings. The number of likely N-dealkylation sites (tertiary alicyclic amines) is 1. The number of fused-ring (bicyclic) bond motifs is 1. The average Bonchev–Trinajstić information content (AvgIpc) is 3.13. The lowest BCUT2D eigenvalue weighted by molar-refractivity contribution is -0.139. The summed E-state index contributed by atoms with van der Waals surface area (Å²) < 4.78 is 22.9. The van der Waals surface area contributed by atoms with E-state index in [9.17, 15) is 0 Å². The van der Waals surface area contributed by atoms with E-state index < -0.39 is 0 Å². The highest BCUT2D eigenvalue weighted by atomic mass is 16.7. The molecule has 3 fully saturated rings. The van der Waals surface area contributed by atoms with Gasteiger partial charge in [0.2, 0.25) is 6.79 Å². The SMILES string of the molecule is c1cc2c(cc1CN1CC3(C1)OCCC3CCOCC1CC1)OCO2. The lowest BCUT2D eigenvalue weighted by Crippen LogP contribution is -2.64. The van der Waals surface area contributed by atoms with Gasteiger partial charge in [-0.1, -0.05) is 6.07 Å². The summed E-state index contributed by atoms with van der Waals surface area (Å²) in [6.07, 6.45) is 5.06. The molecule has 2 saturated heterocycles. The smallest absolute Gasteiger partial charge is 0.231 e. The fourth-order valence-corrected chi connectivity index (χ4v) is 4.42. The van der Waals surface area contributed by atoms with Crippen molar-refractivity contribution in [2.45, 2.75) is 37.8 Å². The molecule has 1 aliphatic carbocycles. The van der Waals surface area contributed by atoms with Gasteiger partial charge in [-0.3, -0.25) is 4.90 Å². The Hall–Kier alpha value is -1.30. The van der Waals surface area contributed by atoms with E-state index >= 15 is 0 Å². The predicted molar refractivity (Wildman–Crippen MR) is 92.8 cm³/mol. The maximum Gasteiger partial charge on any atom is 0.231 e. The molecule has 5 rings (SSSR count). The molecule has 5 heteroatoms. The Morgan fingerprint density at radius 2 is 2.00 bits per heavy atom. The second-order valence-corrected chi connectivity index (χ2v) is 8.04. The summed E-state index contributed by atoms with van der Waals surface area (Å²) in [5.41, 5.74) is 1.36. The van der Waals surface area contributed by atoms with Crippen LogP contribution < -0.4 is 9.47 Å². The first kappa shape index (κ1) is 15.9. The van der Waals surface area contributed by atoms with Gasteiger partial charge >= 0.3 is 0 Å². The molecule has 4 aliphatic rings. The highest BCUT2D eigenvalue weighted by molar-refractivity contribution is 5.44. The largest absolute Gasteiger partial charge is 0.454 e. The van der Waals surface area contributed by atoms with Crippen LogP contribution in [-0.2, 0) is 16.0 Å². The van der Waals surface area contributed by atoms with Crippen LogP contribution >= 0.6 is 0 Å². The molecule has 0 radical (unpaired) electrons. The third kappa shape index (κ3) is 3.25. The van der Waals surface area contributed by atoms with Crippen molar-refractivity contribution in [3.8, 4) is 11.5 Å². The van der Waals surface area contributed by atoms with Gasteiger partial charge in [-0.25, -0.2) is 0 Å². The minimum absolute atomic E-state index is 0.0826. The van der Waals surface area contributed by atoms with Crippen LogP contribution in [-0.4, -0.2) is 50.2 Å². The highest BCUT2D eigenvalue weighted by Crippen LogP contribution is 2.42. The second kappa shape index (κ2) is 6.45. The zero-order valence-corrected chi connectivity index (χ0v) is 14.7. The number of hydrogen-bond donors (Lipinski definition) is 0. The van der Waals surface area contributed by atoms with E-state index in [1.54, 1.807) is 0 Å². The van der Waals surface area contributed by atoms with Crippen molar-refractivity contribution in [2.75, 3.05) is 39.7 Å². The summed E-state index contributed by atoms with van der Waals surface area (Å²) in [5.74, 6) is 3.24. The van der Waals surface area contributed by atoms with Crippen molar-refractivity contribution in [3.63, 3.8) is 0 Å². The lowest BCUT2D eigenvalue weighted by atomic mass is 9.79. The summed E-state index contributed by atoms with van der Waals surface area (Å²) in [5, 5.41) is 0. The van der Waals surface area contributed by atoms with Crippen molar-refractivity contribution >= 4 is 0 Å². The lowest BCUT2D eigenvalue weighted by Gasteiger charge is -2.50. The van der Waals surface area contributed by atoms with Crippen LogP contribution in [0.15, 0.2) is 18.2 Å². The summed E-state index contributed by atoms with van der Waals surface area (Å²) in [6, 6.07) is 6.25. The zero-order chi connectivity index (χ0) is 16.7. The number of hydrogen-bond acceptors (Lipinski definition) is 5. The van der Waals surface area contributed by atoms with Crippen LogP contribution in [0.4, 0.5) is 0 Å². The molecule has 0 bridgehead atoms. The monoisotopic (exact) mass is 345 g/mol. The van der Waals surface area contributed by atoms with Gasteiger partial charge in [0.05, 0.1) is 5.60 Å². The Morgan fingerprint density at radius 1 is 1.12 bits per heavy atom. The topological polar surface area (TPSA) is 40.2 Å². The van der Waals surface area contributed by atoms with Crippen molar-refractivity contribution in [1.29, 1.82) is 0 Å². The normalized spacial score (nSPS) is 27.0. The van der Waals surface area contributed by atoms with E-state index in [-0.39, 0.29) is 5.60 Å². The van der Waals surface area contributed by atoms with Gasteiger partial charge in [-0.2, -0.15) is 0 Å². The number of nitrogens with zero attached hydrogens (tertiary/aromatic N) is 1. The molecular weight excluding hydrogens is 318 g/mol. The fourth-order valence-electron chi connectivity index (χ4n) is 4.42. The van der Waals surface area contributed by atoms with Gasteiger partial charge in [0.1, 0.15) is 0 Å². The van der Waals surface area contributed by atoms with Crippen LogP contribution in [0.25, 0.3) is 0 Å². The molecule has 1 atom stereocenters. The van der Waals surface area contributed by atoms with E-state index in [1.807, 2.05) is 6.07 Å². The molecule has 3 heterocycles. The Kier molecular flexibility index (Phi) is 4.11. The maximum atomic E-state index is 6.18. The quantitative estimate of drug-likeness (QED) is 0.711. The first-order valence-electron chi connectivity index (χ1n) is 9.63. The first-order valence-corrected chi connectivity index (χ1v) is 9.63. The molecule has 0 N–H and O–H groups in total. The van der Waals surface area contributed by atoms with Crippen LogP contribution in [0.2, 0.25) is 0 Å². The Morgan fingerprint density at radius 3 is 2.88 bits per heavy atom. The van der Waals surface area contributed by atoms with E-state index in [1.165, 1.54) is 24.8 Å². The van der Waals surface area contributed by atoms with E-state index in [0.29, 0.717) is 12.7 Å². The van der Waals surface area contributed by atoms with Crippen molar-refractivity contribution < 1.29 is 18.9 Å². The summed E-state index contributed by atoms with van der Waals surface area (Å²) in [6.45, 7) is 6.14. The molecule has 1 spiro atoms. The van der Waals surface area contributed by atoms with Gasteiger partial charge in [0.15, 0.2) is 11.5 Å². The molecule has 0 amide bonds. The third-order valence-electron chi connectivity index (χ3n) is 6.09. The Balaban J connectivity index is 1.12. The molecule has 136 valence electrons. The van der Waals surface area contributed by atoms with Crippen LogP contribution in [0.1, 0.15) is 31.2 Å². The Bertz CT molecular complexity index is 624. The van der Waals surface area contributed by atoms with E-state index in [4.69, 9.17) is 18.9 Å². The maximum absolute atomic E-state index is 6.18. The fraction of sp³-hybridized carbons (Fsp3) is 0.700. The molecule has 1 saturated carbocycles. The van der Waals surface area contributed by atoms with Crippen LogP contribution in [0.3, 0.4) is 0 Å². The minimum atomic E-state index is 0.0826. The van der Waals surface area contributed by atoms with Crippen molar-refractivity contribution in [1.82, 2.24) is 4.90 Å². The van der Waals surface area contributed by atoms with Crippen molar-refractivity contribution in [2.24, 2.45) is 11.8 Å². The van der Waals surface area contributed by atoms with Gasteiger partial charge < -0.3 is 18.9 Å². The standard InChI is InChI=1S/C20H27NO4/c1-2-15(1)11-22-7-5-17-6-8-25-20(17)12-21(13-20)10-16-3-4-18-19(9-16)24-14-23-18/h3-4,9,15,17H,1-2,5-8,10-14H2. The molecular formula is C20H27NO4. The van der Waals surface area contributed by atoms with Gasteiger partial charge in [-0.05, 0) is 55.2 Å². The number of ether oxygens (including phenoxy) is 4. The number of rotatable bonds is 7. The molecule has 25 heavy (non-hydrogen) atoms. The summed E-state index contributed by atoms with van der Waals surface area (Å²) in [7, 11) is 0. The third-order valence-corrected chi connectivity index (χ3v) is 6.09. The van der Waals surface area contributed by atoms with Crippen molar-refractivity contribution in [3.05, 3.63) is 23.8 Å². The van der Waals surface area contributed by atoms with E-state index in [0.717, 1.165) is 63.3 Å². The number of benzene rings is 1. The van der Waals surface area contributed by atoms with Crippen LogP contribution in [0, 0.1) is 11.8 Å². The van der Waals surface area contributed by atoms with Gasteiger partial charge in [0, 0.05) is 39.5 Å². The second-order valence-electron chi connectivity index (χ2n) is 8.04. The van der Waals surface area contributed by atoms with E-state index in [2.05, 4.69) is 17.0 Å². The molecule has 5 nitrogen and oxygen atoms in total. The van der Waals surface area contributed by atoms with Gasteiger partial charge in [-0.15, -0.1) is 0 Å². The first-order chi connectivity index (χ1) is 12.3. The van der Waals surface area contributed by atoms with Gasteiger partial charge in [0.25, 0.3) is 0 Å². The predicted octanol–water partition coefficient (Wildman–Crippen LogP) is 2.82. The zero-order valence-electron chi connectivity index (χ0n) is 14.7. The molecule has 0 aromatic heterocycles. The summed E-state index contributed by atoms with van der Waals surface area (Å²) >= 11 is 0. The average molecular weight is 345 g/mol. The molecule has 1 aromatic carbocycles. The minimum Gasteiger partial charge on any atom is -0.454 e. The Labute approximate surface area is 149 Å². The molecule has 1 unspecified atom stereocenters. The summed E-state index contributed by atoms with van der Waals surface area (Å²) in [4.78, 5) is 2.47. The highest BCUT2D eigenvalue weighted by Gasteiger charge is 2.52. The van der Waals surface area contributed by atoms with Crippen LogP contribution in [0.5, 0.6) is 11.5 Å².